The zero-order valence-corrected chi connectivity index (χ0v) is 12.5. The fourth-order valence-corrected chi connectivity index (χ4v) is 3.48. The van der Waals surface area contributed by atoms with Crippen LogP contribution in [0.15, 0.2) is 0 Å². The van der Waals surface area contributed by atoms with Gasteiger partial charge in [0.2, 0.25) is 0 Å². The fraction of sp³-hybridized carbons (Fsp3) is 0.867. The van der Waals surface area contributed by atoms with Gasteiger partial charge in [-0.2, -0.15) is 5.10 Å². The summed E-state index contributed by atoms with van der Waals surface area (Å²) in [5, 5.41) is 8.39. The summed E-state index contributed by atoms with van der Waals surface area (Å²) in [4.78, 5) is 4.68. The number of hydrogen-bond donors (Lipinski definition) is 1. The van der Waals surface area contributed by atoms with Crippen LogP contribution in [0.3, 0.4) is 0 Å². The molecule has 5 heteroatoms. The molecule has 3 rings (SSSR count). The first-order valence-corrected chi connectivity index (χ1v) is 8.05. The van der Waals surface area contributed by atoms with Gasteiger partial charge in [-0.3, -0.25) is 0 Å². The Morgan fingerprint density at radius 3 is 2.70 bits per heavy atom. The van der Waals surface area contributed by atoms with Gasteiger partial charge in [-0.15, -0.1) is 0 Å². The van der Waals surface area contributed by atoms with E-state index >= 15 is 0 Å². The Kier molecular flexibility index (Phi) is 4.68. The lowest BCUT2D eigenvalue weighted by molar-refractivity contribution is 0.177. The molecule has 112 valence electrons. The smallest absolute Gasteiger partial charge is 0.176 e. The van der Waals surface area contributed by atoms with E-state index in [0.717, 1.165) is 18.2 Å². The Bertz CT molecular complexity index is 424. The van der Waals surface area contributed by atoms with Crippen LogP contribution in [0, 0.1) is 0 Å². The van der Waals surface area contributed by atoms with E-state index in [2.05, 4.69) is 20.1 Å². The van der Waals surface area contributed by atoms with E-state index in [1.165, 1.54) is 51.4 Å². The van der Waals surface area contributed by atoms with Crippen molar-refractivity contribution >= 4 is 0 Å². The van der Waals surface area contributed by atoms with E-state index in [4.69, 9.17) is 4.74 Å². The minimum Gasteiger partial charge on any atom is -0.377 e. The van der Waals surface area contributed by atoms with Crippen molar-refractivity contribution in [2.75, 3.05) is 7.11 Å². The predicted molar refractivity (Wildman–Crippen MR) is 77.3 cm³/mol. The van der Waals surface area contributed by atoms with Crippen molar-refractivity contribution < 1.29 is 4.74 Å². The molecule has 1 N–H and O–H groups in total. The molecule has 0 aromatic carbocycles. The predicted octanol–water partition coefficient (Wildman–Crippen LogP) is 2.57. The molecule has 0 radical (unpaired) electrons. The lowest BCUT2D eigenvalue weighted by Gasteiger charge is -2.27. The summed E-state index contributed by atoms with van der Waals surface area (Å²) in [6, 6.07) is 1.04. The number of aryl methyl sites for hydroxylation is 1. The highest BCUT2D eigenvalue weighted by atomic mass is 16.5. The molecule has 20 heavy (non-hydrogen) atoms. The van der Waals surface area contributed by atoms with Crippen LogP contribution in [0.1, 0.15) is 69.1 Å². The van der Waals surface area contributed by atoms with E-state index < -0.39 is 0 Å². The highest BCUT2D eigenvalue weighted by Gasteiger charge is 2.26. The second-order valence-electron chi connectivity index (χ2n) is 6.09. The van der Waals surface area contributed by atoms with Crippen LogP contribution < -0.4 is 5.32 Å². The van der Waals surface area contributed by atoms with E-state index in [-0.39, 0.29) is 0 Å². The summed E-state index contributed by atoms with van der Waals surface area (Å²) in [5.41, 5.74) is 0. The van der Waals surface area contributed by atoms with Gasteiger partial charge >= 0.3 is 0 Å². The molecule has 1 saturated carbocycles. The number of nitrogens with zero attached hydrogens (tertiary/aromatic N) is 3. The molecule has 2 aliphatic rings. The summed E-state index contributed by atoms with van der Waals surface area (Å²) in [6.45, 7) is 1.51. The normalized spacial score (nSPS) is 24.4. The zero-order chi connectivity index (χ0) is 13.8. The maximum Gasteiger partial charge on any atom is 0.176 e. The van der Waals surface area contributed by atoms with Crippen LogP contribution in [0.4, 0.5) is 0 Å². The molecule has 1 aliphatic heterocycles. The second-order valence-corrected chi connectivity index (χ2v) is 6.09. The van der Waals surface area contributed by atoms with Crippen LogP contribution in [0.2, 0.25) is 0 Å². The minimum absolute atomic E-state index is 0.380. The second kappa shape index (κ2) is 6.68. The van der Waals surface area contributed by atoms with Gasteiger partial charge in [0, 0.05) is 19.7 Å². The molecule has 1 fully saturated rings. The zero-order valence-electron chi connectivity index (χ0n) is 12.5. The maximum absolute atomic E-state index is 5.15. The molecule has 1 aliphatic carbocycles. The highest BCUT2D eigenvalue weighted by molar-refractivity contribution is 5.02. The molecule has 0 amide bonds. The summed E-state index contributed by atoms with van der Waals surface area (Å²) < 4.78 is 7.22. The summed E-state index contributed by atoms with van der Waals surface area (Å²) in [7, 11) is 1.70. The largest absolute Gasteiger partial charge is 0.377 e. The van der Waals surface area contributed by atoms with Crippen LogP contribution in [0.5, 0.6) is 0 Å². The number of hydrogen-bond acceptors (Lipinski definition) is 4. The lowest BCUT2D eigenvalue weighted by Crippen LogP contribution is -2.36. The van der Waals surface area contributed by atoms with Gasteiger partial charge < -0.3 is 10.1 Å². The van der Waals surface area contributed by atoms with Gasteiger partial charge in [0.1, 0.15) is 12.4 Å². The SMILES string of the molecule is COCc1nc2n(n1)CCC[C@H]2NC1CCCCCC1. The topological polar surface area (TPSA) is 52.0 Å². The molecule has 0 unspecified atom stereocenters. The van der Waals surface area contributed by atoms with Crippen molar-refractivity contribution in [1.82, 2.24) is 20.1 Å². The quantitative estimate of drug-likeness (QED) is 0.860. The molecular formula is C15H26N4O. The number of ether oxygens (including phenoxy) is 1. The summed E-state index contributed by atoms with van der Waals surface area (Å²) >= 11 is 0. The molecule has 0 saturated heterocycles. The van der Waals surface area contributed by atoms with Crippen molar-refractivity contribution in [1.29, 1.82) is 0 Å². The van der Waals surface area contributed by atoms with Crippen molar-refractivity contribution in [3.63, 3.8) is 0 Å². The Hall–Kier alpha value is -0.940. The van der Waals surface area contributed by atoms with Crippen molar-refractivity contribution in [2.45, 2.75) is 76.6 Å². The molecule has 1 aromatic rings. The molecule has 0 bridgehead atoms. The average Bonchev–Trinajstić information content (AvgIpc) is 2.69. The van der Waals surface area contributed by atoms with Crippen molar-refractivity contribution in [3.8, 4) is 0 Å². The van der Waals surface area contributed by atoms with Gasteiger partial charge in [-0.1, -0.05) is 25.7 Å². The van der Waals surface area contributed by atoms with Crippen LogP contribution in [0.25, 0.3) is 0 Å². The monoisotopic (exact) mass is 278 g/mol. The summed E-state index contributed by atoms with van der Waals surface area (Å²) in [6.07, 6.45) is 10.5. The molecule has 0 spiro atoms. The third kappa shape index (κ3) is 3.20. The fourth-order valence-electron chi connectivity index (χ4n) is 3.48. The number of aromatic nitrogens is 3. The van der Waals surface area contributed by atoms with Gasteiger partial charge in [0.25, 0.3) is 0 Å². The van der Waals surface area contributed by atoms with Gasteiger partial charge in [-0.25, -0.2) is 9.67 Å². The third-order valence-electron chi connectivity index (χ3n) is 4.48. The van der Waals surface area contributed by atoms with Crippen molar-refractivity contribution in [3.05, 3.63) is 11.6 Å². The van der Waals surface area contributed by atoms with Crippen molar-refractivity contribution in [2.24, 2.45) is 0 Å². The molecule has 1 aromatic heterocycles. The number of nitrogens with one attached hydrogen (secondary N) is 1. The van der Waals surface area contributed by atoms with E-state index in [9.17, 15) is 0 Å². The molecule has 5 nitrogen and oxygen atoms in total. The van der Waals surface area contributed by atoms with E-state index in [1.807, 2.05) is 0 Å². The first-order chi connectivity index (χ1) is 9.86. The first kappa shape index (κ1) is 14.0. The maximum atomic E-state index is 5.15. The summed E-state index contributed by atoms with van der Waals surface area (Å²) in [5.74, 6) is 1.93. The Morgan fingerprint density at radius 1 is 1.15 bits per heavy atom. The number of fused-ring (bicyclic) bond motifs is 1. The molecular weight excluding hydrogens is 252 g/mol. The minimum atomic E-state index is 0.380. The highest BCUT2D eigenvalue weighted by Crippen LogP contribution is 2.26. The Balaban J connectivity index is 1.68. The van der Waals surface area contributed by atoms with Gasteiger partial charge in [0.05, 0.1) is 6.04 Å². The number of rotatable bonds is 4. The molecule has 1 atom stereocenters. The van der Waals surface area contributed by atoms with E-state index in [0.29, 0.717) is 18.7 Å². The first-order valence-electron chi connectivity index (χ1n) is 8.05. The number of methoxy groups -OCH3 is 1. The van der Waals surface area contributed by atoms with Crippen LogP contribution >= 0.6 is 0 Å². The van der Waals surface area contributed by atoms with Crippen LogP contribution in [-0.2, 0) is 17.9 Å². The van der Waals surface area contributed by atoms with Gasteiger partial charge in [0.15, 0.2) is 5.82 Å². The third-order valence-corrected chi connectivity index (χ3v) is 4.48. The lowest BCUT2D eigenvalue weighted by atomic mass is 10.0. The Labute approximate surface area is 121 Å². The average molecular weight is 278 g/mol. The van der Waals surface area contributed by atoms with Crippen LogP contribution in [-0.4, -0.2) is 27.9 Å². The van der Waals surface area contributed by atoms with E-state index in [1.54, 1.807) is 7.11 Å². The Morgan fingerprint density at radius 2 is 1.95 bits per heavy atom. The molecule has 2 heterocycles. The van der Waals surface area contributed by atoms with Gasteiger partial charge in [-0.05, 0) is 25.7 Å². The standard InChI is InChI=1S/C15H26N4O/c1-20-11-14-17-15-13(9-6-10-19(15)18-14)16-12-7-4-2-3-5-8-12/h12-13,16H,2-11H2,1H3/t13-/m1/s1.